The van der Waals surface area contributed by atoms with Gasteiger partial charge < -0.3 is 4.74 Å². The van der Waals surface area contributed by atoms with Crippen LogP contribution in [0.15, 0.2) is 54.6 Å². The van der Waals surface area contributed by atoms with E-state index >= 15 is 0 Å². The molecule has 1 nitrogen and oxygen atoms in total. The molecular formula is C24H24F2O. The second kappa shape index (κ2) is 7.30. The van der Waals surface area contributed by atoms with E-state index < -0.39 is 11.6 Å². The first kappa shape index (κ1) is 18.0. The normalized spacial score (nSPS) is 24.3. The molecule has 2 aromatic carbocycles. The van der Waals surface area contributed by atoms with Crippen molar-refractivity contribution in [2.45, 2.75) is 26.2 Å². The molecule has 1 saturated carbocycles. The second-order valence-corrected chi connectivity index (χ2v) is 7.45. The van der Waals surface area contributed by atoms with Crippen LogP contribution in [0.5, 0.6) is 5.75 Å². The van der Waals surface area contributed by atoms with E-state index in [9.17, 15) is 8.78 Å². The largest absolute Gasteiger partial charge is 0.494 e. The van der Waals surface area contributed by atoms with Gasteiger partial charge in [0.05, 0.1) is 7.11 Å². The number of rotatable bonds is 4. The minimum Gasteiger partial charge on any atom is -0.494 e. The van der Waals surface area contributed by atoms with E-state index in [1.807, 2.05) is 24.3 Å². The van der Waals surface area contributed by atoms with E-state index in [0.29, 0.717) is 23.3 Å². The van der Waals surface area contributed by atoms with Crippen molar-refractivity contribution in [3.8, 4) is 16.9 Å². The zero-order valence-corrected chi connectivity index (χ0v) is 15.7. The Bertz CT molecular complexity index is 895. The zero-order valence-electron chi connectivity index (χ0n) is 15.7. The van der Waals surface area contributed by atoms with Gasteiger partial charge in [-0.25, -0.2) is 4.39 Å². The summed E-state index contributed by atoms with van der Waals surface area (Å²) in [5.41, 5.74) is 3.54. The Morgan fingerprint density at radius 1 is 0.963 bits per heavy atom. The van der Waals surface area contributed by atoms with Crippen LogP contribution in [0.25, 0.3) is 16.7 Å². The third kappa shape index (κ3) is 3.09. The highest BCUT2D eigenvalue weighted by Crippen LogP contribution is 2.51. The second-order valence-electron chi connectivity index (χ2n) is 7.45. The van der Waals surface area contributed by atoms with Crippen LogP contribution in [0.4, 0.5) is 8.78 Å². The van der Waals surface area contributed by atoms with Crippen LogP contribution in [0, 0.1) is 29.4 Å². The number of methoxy groups -OCH3 is 1. The average molecular weight is 366 g/mol. The molecule has 3 atom stereocenters. The van der Waals surface area contributed by atoms with E-state index in [4.69, 9.17) is 4.74 Å². The Morgan fingerprint density at radius 3 is 2.41 bits per heavy atom. The van der Waals surface area contributed by atoms with Crippen molar-refractivity contribution in [2.24, 2.45) is 17.8 Å². The molecule has 0 aliphatic heterocycles. The van der Waals surface area contributed by atoms with Gasteiger partial charge in [0.2, 0.25) is 5.82 Å². The Balaban J connectivity index is 1.58. The standard InChI is InChI=1S/C24H24F2O/c1-3-4-15-9-10-21-18(15)11-12-19(21)16-5-7-17(8-6-16)20-13-14-22(27-2)24(26)23(20)25/h3-8,12-15,18,21H,9-11H2,1-2H3. The van der Waals surface area contributed by atoms with Crippen molar-refractivity contribution in [3.05, 3.63) is 71.8 Å². The van der Waals surface area contributed by atoms with Crippen molar-refractivity contribution in [1.29, 1.82) is 0 Å². The summed E-state index contributed by atoms with van der Waals surface area (Å²) in [6.45, 7) is 2.09. The van der Waals surface area contributed by atoms with Gasteiger partial charge in [0, 0.05) is 5.56 Å². The quantitative estimate of drug-likeness (QED) is 0.551. The molecule has 0 heterocycles. The van der Waals surface area contributed by atoms with E-state index in [1.165, 1.54) is 37.2 Å². The molecule has 0 amide bonds. The SMILES string of the molecule is CC=CC1CCC2C(c3ccc(-c4ccc(OC)c(F)c4F)cc3)=CCC12. The molecule has 0 aromatic heterocycles. The predicted octanol–water partition coefficient (Wildman–Crippen LogP) is 6.65. The monoisotopic (exact) mass is 366 g/mol. The Kier molecular flexibility index (Phi) is 4.86. The van der Waals surface area contributed by atoms with Crippen LogP contribution in [-0.2, 0) is 0 Å². The zero-order chi connectivity index (χ0) is 19.0. The molecule has 0 radical (unpaired) electrons. The van der Waals surface area contributed by atoms with E-state index in [0.717, 1.165) is 6.42 Å². The highest BCUT2D eigenvalue weighted by atomic mass is 19.2. The molecule has 2 aromatic rings. The molecule has 27 heavy (non-hydrogen) atoms. The number of halogens is 2. The lowest BCUT2D eigenvalue weighted by molar-refractivity contribution is 0.372. The maximum atomic E-state index is 14.4. The van der Waals surface area contributed by atoms with Crippen molar-refractivity contribution in [1.82, 2.24) is 0 Å². The molecule has 3 heteroatoms. The van der Waals surface area contributed by atoms with Crippen LogP contribution in [0.1, 0.15) is 31.7 Å². The molecule has 140 valence electrons. The number of fused-ring (bicyclic) bond motifs is 1. The summed E-state index contributed by atoms with van der Waals surface area (Å²) < 4.78 is 33.2. The van der Waals surface area contributed by atoms with Crippen molar-refractivity contribution < 1.29 is 13.5 Å². The fourth-order valence-corrected chi connectivity index (χ4v) is 4.81. The fraction of sp³-hybridized carbons (Fsp3) is 0.333. The predicted molar refractivity (Wildman–Crippen MR) is 105 cm³/mol. The molecule has 2 aliphatic rings. The molecule has 0 N–H and O–H groups in total. The summed E-state index contributed by atoms with van der Waals surface area (Å²) >= 11 is 0. The van der Waals surface area contributed by atoms with Gasteiger partial charge in [0.15, 0.2) is 11.6 Å². The number of ether oxygens (including phenoxy) is 1. The number of benzene rings is 2. The third-order valence-electron chi connectivity index (χ3n) is 6.12. The smallest absolute Gasteiger partial charge is 0.201 e. The van der Waals surface area contributed by atoms with E-state index in [1.54, 1.807) is 6.07 Å². The van der Waals surface area contributed by atoms with Gasteiger partial charge >= 0.3 is 0 Å². The third-order valence-corrected chi connectivity index (χ3v) is 6.12. The van der Waals surface area contributed by atoms with Crippen LogP contribution < -0.4 is 4.74 Å². The van der Waals surface area contributed by atoms with Crippen molar-refractivity contribution >= 4 is 5.57 Å². The van der Waals surface area contributed by atoms with Crippen molar-refractivity contribution in [2.75, 3.05) is 7.11 Å². The highest BCUT2D eigenvalue weighted by molar-refractivity contribution is 5.73. The average Bonchev–Trinajstić information content (AvgIpc) is 3.28. The number of hydrogen-bond acceptors (Lipinski definition) is 1. The van der Waals surface area contributed by atoms with E-state index in [2.05, 4.69) is 25.2 Å². The first-order valence-electron chi connectivity index (χ1n) is 9.59. The maximum absolute atomic E-state index is 14.4. The highest BCUT2D eigenvalue weighted by Gasteiger charge is 2.39. The lowest BCUT2D eigenvalue weighted by Gasteiger charge is -2.18. The molecule has 1 fully saturated rings. The molecule has 4 rings (SSSR count). The number of allylic oxidation sites excluding steroid dienone is 4. The van der Waals surface area contributed by atoms with E-state index in [-0.39, 0.29) is 11.3 Å². The molecule has 2 aliphatic carbocycles. The molecule has 3 unspecified atom stereocenters. The van der Waals surface area contributed by atoms with Gasteiger partial charge in [-0.3, -0.25) is 0 Å². The van der Waals surface area contributed by atoms with Crippen molar-refractivity contribution in [3.63, 3.8) is 0 Å². The summed E-state index contributed by atoms with van der Waals surface area (Å²) in [7, 11) is 1.33. The van der Waals surface area contributed by atoms with Crippen LogP contribution >= 0.6 is 0 Å². The fourth-order valence-electron chi connectivity index (χ4n) is 4.81. The minimum absolute atomic E-state index is 0.0769. The summed E-state index contributed by atoms with van der Waals surface area (Å²) in [5.74, 6) is 0.126. The molecule has 0 spiro atoms. The summed E-state index contributed by atoms with van der Waals surface area (Å²) in [4.78, 5) is 0. The van der Waals surface area contributed by atoms with Crippen LogP contribution in [-0.4, -0.2) is 7.11 Å². The minimum atomic E-state index is -0.943. The lowest BCUT2D eigenvalue weighted by Crippen LogP contribution is -2.09. The molecule has 0 bridgehead atoms. The van der Waals surface area contributed by atoms with Crippen LogP contribution in [0.2, 0.25) is 0 Å². The molecular weight excluding hydrogens is 342 g/mol. The summed E-state index contributed by atoms with van der Waals surface area (Å²) in [5, 5.41) is 0. The maximum Gasteiger partial charge on any atom is 0.201 e. The van der Waals surface area contributed by atoms with Crippen LogP contribution in [0.3, 0.4) is 0 Å². The topological polar surface area (TPSA) is 9.23 Å². The van der Waals surface area contributed by atoms with Gasteiger partial charge in [-0.2, -0.15) is 4.39 Å². The number of hydrogen-bond donors (Lipinski definition) is 0. The Hall–Kier alpha value is -2.42. The van der Waals surface area contributed by atoms with Gasteiger partial charge in [0.25, 0.3) is 0 Å². The van der Waals surface area contributed by atoms with Gasteiger partial charge in [-0.05, 0) is 72.8 Å². The van der Waals surface area contributed by atoms with Gasteiger partial charge in [0.1, 0.15) is 0 Å². The lowest BCUT2D eigenvalue weighted by atomic mass is 9.86. The first-order valence-corrected chi connectivity index (χ1v) is 9.59. The molecule has 0 saturated heterocycles. The van der Waals surface area contributed by atoms with Gasteiger partial charge in [-0.15, -0.1) is 0 Å². The Morgan fingerprint density at radius 2 is 1.70 bits per heavy atom. The summed E-state index contributed by atoms with van der Waals surface area (Å²) in [6, 6.07) is 10.9. The van der Waals surface area contributed by atoms with Gasteiger partial charge in [-0.1, -0.05) is 42.5 Å². The first-order chi connectivity index (χ1) is 13.1. The Labute approximate surface area is 159 Å². The summed E-state index contributed by atoms with van der Waals surface area (Å²) in [6.07, 6.45) is 10.5.